The van der Waals surface area contributed by atoms with Gasteiger partial charge in [-0.2, -0.15) is 0 Å². The molecule has 28 heavy (non-hydrogen) atoms. The lowest BCUT2D eigenvalue weighted by Gasteiger charge is -2.21. The number of carbonyl (C=O) groups is 1. The molecule has 0 aliphatic heterocycles. The summed E-state index contributed by atoms with van der Waals surface area (Å²) in [5, 5.41) is 3.90. The topological polar surface area (TPSA) is 58.1 Å². The highest BCUT2D eigenvalue weighted by Crippen LogP contribution is 2.18. The fourth-order valence-corrected chi connectivity index (χ4v) is 3.02. The maximum Gasteiger partial charge on any atom is 0.261 e. The number of aryl methyl sites for hydroxylation is 1. The number of hydrogen-bond donors (Lipinski definition) is 1. The van der Waals surface area contributed by atoms with Crippen molar-refractivity contribution in [1.29, 1.82) is 0 Å². The Morgan fingerprint density at radius 1 is 1.11 bits per heavy atom. The number of hydrogen-bond acceptors (Lipinski definition) is 4. The summed E-state index contributed by atoms with van der Waals surface area (Å²) in [6.07, 6.45) is 3.97. The van der Waals surface area contributed by atoms with Crippen molar-refractivity contribution in [3.05, 3.63) is 82.6 Å². The fraction of sp³-hybridized carbons (Fsp3) is 0.227. The molecule has 0 saturated heterocycles. The Morgan fingerprint density at radius 3 is 2.46 bits per heavy atom. The zero-order valence-corrected chi connectivity index (χ0v) is 16.8. The van der Waals surface area contributed by atoms with Crippen LogP contribution in [0.3, 0.4) is 0 Å². The van der Waals surface area contributed by atoms with Gasteiger partial charge in [0.2, 0.25) is 5.95 Å². The standard InChI is InChI=1S/C22H23ClN4O/c1-3-27(20-6-4-5-16(2)13-20)21(28)18-14-25-22(26-15-18)24-12-11-17-7-9-19(23)10-8-17/h4-10,13-15H,3,11-12H2,1-2H3,(H,24,25,26). The van der Waals surface area contributed by atoms with Gasteiger partial charge in [0, 0.05) is 36.2 Å². The molecule has 0 spiro atoms. The van der Waals surface area contributed by atoms with Crippen molar-refractivity contribution in [2.75, 3.05) is 23.3 Å². The monoisotopic (exact) mass is 394 g/mol. The molecule has 0 saturated carbocycles. The molecule has 1 N–H and O–H groups in total. The van der Waals surface area contributed by atoms with Crippen molar-refractivity contribution in [3.63, 3.8) is 0 Å². The fourth-order valence-electron chi connectivity index (χ4n) is 2.89. The average Bonchev–Trinajstić information content (AvgIpc) is 2.70. The van der Waals surface area contributed by atoms with Gasteiger partial charge in [0.1, 0.15) is 0 Å². The number of carbonyl (C=O) groups excluding carboxylic acids is 1. The second-order valence-electron chi connectivity index (χ2n) is 6.49. The van der Waals surface area contributed by atoms with E-state index in [0.717, 1.165) is 22.7 Å². The normalized spacial score (nSPS) is 10.5. The summed E-state index contributed by atoms with van der Waals surface area (Å²) in [6.45, 7) is 5.23. The molecule has 6 heteroatoms. The van der Waals surface area contributed by atoms with Gasteiger partial charge in [0.25, 0.3) is 5.91 Å². The maximum absolute atomic E-state index is 12.8. The van der Waals surface area contributed by atoms with Crippen LogP contribution in [0, 0.1) is 6.92 Å². The van der Waals surface area contributed by atoms with E-state index in [4.69, 9.17) is 11.6 Å². The Labute approximate surface area is 170 Å². The molecule has 0 aliphatic carbocycles. The van der Waals surface area contributed by atoms with Gasteiger partial charge in [-0.1, -0.05) is 35.9 Å². The van der Waals surface area contributed by atoms with Gasteiger partial charge in [0.05, 0.1) is 5.56 Å². The van der Waals surface area contributed by atoms with E-state index in [1.807, 2.05) is 62.4 Å². The van der Waals surface area contributed by atoms with Crippen molar-refractivity contribution in [2.45, 2.75) is 20.3 Å². The second kappa shape index (κ2) is 9.33. The van der Waals surface area contributed by atoms with Crippen LogP contribution in [0.25, 0.3) is 0 Å². The van der Waals surface area contributed by atoms with Gasteiger partial charge in [-0.3, -0.25) is 4.79 Å². The van der Waals surface area contributed by atoms with Crippen molar-refractivity contribution in [3.8, 4) is 0 Å². The van der Waals surface area contributed by atoms with E-state index >= 15 is 0 Å². The number of rotatable bonds is 7. The zero-order chi connectivity index (χ0) is 19.9. The third-order valence-corrected chi connectivity index (χ3v) is 4.64. The molecule has 0 radical (unpaired) electrons. The Bertz CT molecular complexity index is 926. The van der Waals surface area contributed by atoms with Gasteiger partial charge in [-0.15, -0.1) is 0 Å². The largest absolute Gasteiger partial charge is 0.354 e. The minimum atomic E-state index is -0.110. The lowest BCUT2D eigenvalue weighted by molar-refractivity contribution is 0.0987. The van der Waals surface area contributed by atoms with Crippen LogP contribution in [0.1, 0.15) is 28.4 Å². The van der Waals surface area contributed by atoms with E-state index < -0.39 is 0 Å². The Balaban J connectivity index is 1.61. The quantitative estimate of drug-likeness (QED) is 0.627. The van der Waals surface area contributed by atoms with Crippen molar-refractivity contribution in [2.24, 2.45) is 0 Å². The SMILES string of the molecule is CCN(C(=O)c1cnc(NCCc2ccc(Cl)cc2)nc1)c1cccc(C)c1. The first-order valence-corrected chi connectivity index (χ1v) is 9.63. The summed E-state index contributed by atoms with van der Waals surface area (Å²) in [5.41, 5.74) is 3.63. The molecule has 0 aliphatic rings. The minimum absolute atomic E-state index is 0.110. The third-order valence-electron chi connectivity index (χ3n) is 4.38. The highest BCUT2D eigenvalue weighted by Gasteiger charge is 2.17. The number of anilines is 2. The summed E-state index contributed by atoms with van der Waals surface area (Å²) >= 11 is 5.89. The first-order chi connectivity index (χ1) is 13.6. The summed E-state index contributed by atoms with van der Waals surface area (Å²) in [4.78, 5) is 23.1. The predicted octanol–water partition coefficient (Wildman–Crippen LogP) is 4.76. The molecule has 0 fully saturated rings. The van der Waals surface area contributed by atoms with Crippen LogP contribution < -0.4 is 10.2 Å². The van der Waals surface area contributed by atoms with Crippen LogP contribution >= 0.6 is 11.6 Å². The summed E-state index contributed by atoms with van der Waals surface area (Å²) in [5.74, 6) is 0.393. The summed E-state index contributed by atoms with van der Waals surface area (Å²) < 4.78 is 0. The molecule has 0 bridgehead atoms. The average molecular weight is 395 g/mol. The number of nitrogens with one attached hydrogen (secondary N) is 1. The number of halogens is 1. The number of amides is 1. The van der Waals surface area contributed by atoms with Crippen LogP contribution in [0.15, 0.2) is 60.9 Å². The molecule has 1 amide bonds. The molecule has 3 aromatic rings. The van der Waals surface area contributed by atoms with Crippen LogP contribution in [0.5, 0.6) is 0 Å². The first-order valence-electron chi connectivity index (χ1n) is 9.25. The summed E-state index contributed by atoms with van der Waals surface area (Å²) in [7, 11) is 0. The van der Waals surface area contributed by atoms with E-state index in [2.05, 4.69) is 15.3 Å². The third kappa shape index (κ3) is 5.08. The van der Waals surface area contributed by atoms with E-state index in [-0.39, 0.29) is 5.91 Å². The van der Waals surface area contributed by atoms with Gasteiger partial charge in [0.15, 0.2) is 0 Å². The van der Waals surface area contributed by atoms with Crippen LogP contribution in [0.2, 0.25) is 5.02 Å². The lowest BCUT2D eigenvalue weighted by atomic mass is 10.1. The maximum atomic E-state index is 12.8. The molecular weight excluding hydrogens is 372 g/mol. The van der Waals surface area contributed by atoms with Crippen molar-refractivity contribution < 1.29 is 4.79 Å². The van der Waals surface area contributed by atoms with E-state index in [9.17, 15) is 4.79 Å². The number of nitrogens with zero attached hydrogens (tertiary/aromatic N) is 3. The highest BCUT2D eigenvalue weighted by molar-refractivity contribution is 6.30. The minimum Gasteiger partial charge on any atom is -0.354 e. The molecule has 0 atom stereocenters. The smallest absolute Gasteiger partial charge is 0.261 e. The van der Waals surface area contributed by atoms with E-state index in [0.29, 0.717) is 24.6 Å². The Hall–Kier alpha value is -2.92. The van der Waals surface area contributed by atoms with Crippen LogP contribution in [-0.2, 0) is 6.42 Å². The number of benzene rings is 2. The van der Waals surface area contributed by atoms with Crippen molar-refractivity contribution >= 4 is 29.1 Å². The van der Waals surface area contributed by atoms with Gasteiger partial charge < -0.3 is 10.2 Å². The lowest BCUT2D eigenvalue weighted by Crippen LogP contribution is -2.30. The molecule has 1 aromatic heterocycles. The molecular formula is C22H23ClN4O. The van der Waals surface area contributed by atoms with Gasteiger partial charge in [-0.25, -0.2) is 9.97 Å². The Kier molecular flexibility index (Phi) is 6.61. The Morgan fingerprint density at radius 2 is 1.82 bits per heavy atom. The predicted molar refractivity (Wildman–Crippen MR) is 114 cm³/mol. The van der Waals surface area contributed by atoms with Crippen molar-refractivity contribution in [1.82, 2.24) is 9.97 Å². The van der Waals surface area contributed by atoms with Crippen LogP contribution in [0.4, 0.5) is 11.6 Å². The van der Waals surface area contributed by atoms with E-state index in [1.165, 1.54) is 5.56 Å². The van der Waals surface area contributed by atoms with Gasteiger partial charge >= 0.3 is 0 Å². The molecule has 5 nitrogen and oxygen atoms in total. The van der Waals surface area contributed by atoms with Crippen LogP contribution in [-0.4, -0.2) is 29.0 Å². The molecule has 0 unspecified atom stereocenters. The molecule has 144 valence electrons. The highest BCUT2D eigenvalue weighted by atomic mass is 35.5. The summed E-state index contributed by atoms with van der Waals surface area (Å²) in [6, 6.07) is 15.6. The second-order valence-corrected chi connectivity index (χ2v) is 6.92. The molecule has 1 heterocycles. The molecule has 2 aromatic carbocycles. The zero-order valence-electron chi connectivity index (χ0n) is 16.0. The van der Waals surface area contributed by atoms with E-state index in [1.54, 1.807) is 17.3 Å². The number of aromatic nitrogens is 2. The molecule has 3 rings (SSSR count). The van der Waals surface area contributed by atoms with Gasteiger partial charge in [-0.05, 0) is 55.7 Å². The first kappa shape index (κ1) is 19.8.